The highest BCUT2D eigenvalue weighted by molar-refractivity contribution is 5.46. The zero-order chi connectivity index (χ0) is 16.2. The molecule has 8 nitrogen and oxygen atoms in total. The SMILES string of the molecule is O=c1ccc([N+](=O)[O-])cn1CCCOc1ccc2c(c1)OCO2. The molecule has 120 valence electrons. The van der Waals surface area contributed by atoms with Crippen LogP contribution in [-0.4, -0.2) is 22.9 Å². The Kier molecular flexibility index (Phi) is 4.13. The second-order valence-electron chi connectivity index (χ2n) is 4.89. The molecular formula is C15H14N2O6. The van der Waals surface area contributed by atoms with Crippen molar-refractivity contribution in [1.82, 2.24) is 4.57 Å². The molecule has 0 spiro atoms. The van der Waals surface area contributed by atoms with Crippen molar-refractivity contribution in [2.24, 2.45) is 0 Å². The third-order valence-corrected chi connectivity index (χ3v) is 3.33. The van der Waals surface area contributed by atoms with Crippen molar-refractivity contribution >= 4 is 5.69 Å². The highest BCUT2D eigenvalue weighted by Gasteiger charge is 2.13. The number of rotatable bonds is 6. The number of aromatic nitrogens is 1. The Balaban J connectivity index is 1.55. The summed E-state index contributed by atoms with van der Waals surface area (Å²) >= 11 is 0. The van der Waals surface area contributed by atoms with Gasteiger partial charge in [-0.3, -0.25) is 14.9 Å². The molecule has 0 fully saturated rings. The lowest BCUT2D eigenvalue weighted by Gasteiger charge is -2.08. The first-order chi connectivity index (χ1) is 11.1. The van der Waals surface area contributed by atoms with E-state index in [1.807, 2.05) is 0 Å². The largest absolute Gasteiger partial charge is 0.493 e. The summed E-state index contributed by atoms with van der Waals surface area (Å²) in [5, 5.41) is 10.7. The van der Waals surface area contributed by atoms with Crippen LogP contribution in [0.3, 0.4) is 0 Å². The van der Waals surface area contributed by atoms with Gasteiger partial charge in [-0.2, -0.15) is 0 Å². The van der Waals surface area contributed by atoms with Gasteiger partial charge < -0.3 is 18.8 Å². The molecule has 3 rings (SSSR count). The van der Waals surface area contributed by atoms with Gasteiger partial charge in [0.1, 0.15) is 5.75 Å². The Hall–Kier alpha value is -3.03. The molecular weight excluding hydrogens is 304 g/mol. The number of aryl methyl sites for hydroxylation is 1. The quantitative estimate of drug-likeness (QED) is 0.459. The van der Waals surface area contributed by atoms with Gasteiger partial charge in [0.15, 0.2) is 11.5 Å². The van der Waals surface area contributed by atoms with Crippen LogP contribution in [0.4, 0.5) is 5.69 Å². The van der Waals surface area contributed by atoms with Gasteiger partial charge in [0.25, 0.3) is 11.2 Å². The van der Waals surface area contributed by atoms with Crippen molar-refractivity contribution in [2.75, 3.05) is 13.4 Å². The molecule has 0 atom stereocenters. The van der Waals surface area contributed by atoms with Gasteiger partial charge in [-0.25, -0.2) is 0 Å². The van der Waals surface area contributed by atoms with E-state index in [9.17, 15) is 14.9 Å². The molecule has 2 heterocycles. The predicted molar refractivity (Wildman–Crippen MR) is 80.0 cm³/mol. The summed E-state index contributed by atoms with van der Waals surface area (Å²) < 4.78 is 17.4. The van der Waals surface area contributed by atoms with Gasteiger partial charge in [-0.05, 0) is 18.6 Å². The lowest BCUT2D eigenvalue weighted by molar-refractivity contribution is -0.385. The van der Waals surface area contributed by atoms with E-state index < -0.39 is 4.92 Å². The number of ether oxygens (including phenoxy) is 3. The fraction of sp³-hybridized carbons (Fsp3) is 0.267. The Morgan fingerprint density at radius 2 is 2.04 bits per heavy atom. The summed E-state index contributed by atoms with van der Waals surface area (Å²) in [5.41, 5.74) is -0.389. The van der Waals surface area contributed by atoms with Crippen LogP contribution >= 0.6 is 0 Å². The molecule has 0 unspecified atom stereocenters. The van der Waals surface area contributed by atoms with E-state index in [1.165, 1.54) is 22.9 Å². The summed E-state index contributed by atoms with van der Waals surface area (Å²) in [7, 11) is 0. The standard InChI is InChI=1S/C15H14N2O6/c18-15-5-2-11(17(19)20)9-16(15)6-1-7-21-12-3-4-13-14(8-12)23-10-22-13/h2-5,8-9H,1,6-7,10H2. The zero-order valence-electron chi connectivity index (χ0n) is 12.1. The minimum Gasteiger partial charge on any atom is -0.493 e. The monoisotopic (exact) mass is 318 g/mol. The Bertz CT molecular complexity index is 786. The second-order valence-corrected chi connectivity index (χ2v) is 4.89. The van der Waals surface area contributed by atoms with Crippen molar-refractivity contribution in [3.8, 4) is 17.2 Å². The Morgan fingerprint density at radius 1 is 1.22 bits per heavy atom. The first kappa shape index (κ1) is 14.9. The highest BCUT2D eigenvalue weighted by Crippen LogP contribution is 2.35. The first-order valence-electron chi connectivity index (χ1n) is 7.01. The van der Waals surface area contributed by atoms with Gasteiger partial charge in [0.2, 0.25) is 6.79 Å². The van der Waals surface area contributed by atoms with Crippen LogP contribution in [0, 0.1) is 10.1 Å². The van der Waals surface area contributed by atoms with Gasteiger partial charge >= 0.3 is 0 Å². The molecule has 0 bridgehead atoms. The molecule has 1 aromatic carbocycles. The molecule has 0 aliphatic carbocycles. The van der Waals surface area contributed by atoms with Gasteiger partial charge in [0, 0.05) is 24.7 Å². The van der Waals surface area contributed by atoms with E-state index in [2.05, 4.69) is 0 Å². The smallest absolute Gasteiger partial charge is 0.285 e. The average Bonchev–Trinajstić information content (AvgIpc) is 3.00. The maximum Gasteiger partial charge on any atom is 0.285 e. The summed E-state index contributed by atoms with van der Waals surface area (Å²) in [6.07, 6.45) is 1.78. The summed E-state index contributed by atoms with van der Waals surface area (Å²) in [4.78, 5) is 21.8. The van der Waals surface area contributed by atoms with Crippen molar-refractivity contribution in [1.29, 1.82) is 0 Å². The fourth-order valence-electron chi connectivity index (χ4n) is 2.19. The van der Waals surface area contributed by atoms with Crippen LogP contribution in [0.2, 0.25) is 0 Å². The number of benzene rings is 1. The number of fused-ring (bicyclic) bond motifs is 1. The van der Waals surface area contributed by atoms with Gasteiger partial charge in [-0.1, -0.05) is 0 Å². The van der Waals surface area contributed by atoms with E-state index in [4.69, 9.17) is 14.2 Å². The summed E-state index contributed by atoms with van der Waals surface area (Å²) in [5.74, 6) is 1.96. The van der Waals surface area contributed by atoms with E-state index in [0.29, 0.717) is 36.8 Å². The molecule has 23 heavy (non-hydrogen) atoms. The number of nitro groups is 1. The molecule has 1 aliphatic rings. The number of pyridine rings is 1. The van der Waals surface area contributed by atoms with Crippen LogP contribution in [0.1, 0.15) is 6.42 Å². The highest BCUT2D eigenvalue weighted by atomic mass is 16.7. The molecule has 0 amide bonds. The van der Waals surface area contributed by atoms with Crippen molar-refractivity contribution in [3.63, 3.8) is 0 Å². The van der Waals surface area contributed by atoms with Crippen LogP contribution in [-0.2, 0) is 6.54 Å². The third kappa shape index (κ3) is 3.42. The maximum absolute atomic E-state index is 11.7. The predicted octanol–water partition coefficient (Wildman–Crippen LogP) is 1.95. The van der Waals surface area contributed by atoms with Gasteiger partial charge in [-0.15, -0.1) is 0 Å². The molecule has 1 aliphatic heterocycles. The van der Waals surface area contributed by atoms with E-state index in [-0.39, 0.29) is 18.0 Å². The number of hydrogen-bond donors (Lipinski definition) is 0. The minimum atomic E-state index is -0.529. The summed E-state index contributed by atoms with van der Waals surface area (Å²) in [6, 6.07) is 7.66. The summed E-state index contributed by atoms with van der Waals surface area (Å²) in [6.45, 7) is 0.911. The van der Waals surface area contributed by atoms with E-state index in [0.717, 1.165) is 0 Å². The average molecular weight is 318 g/mol. The Labute approximate surface area is 131 Å². The van der Waals surface area contributed by atoms with Crippen LogP contribution in [0.15, 0.2) is 41.3 Å². The second kappa shape index (κ2) is 6.39. The number of hydrogen-bond acceptors (Lipinski definition) is 6. The lowest BCUT2D eigenvalue weighted by Crippen LogP contribution is -2.20. The van der Waals surface area contributed by atoms with Crippen LogP contribution < -0.4 is 19.8 Å². The molecule has 0 saturated heterocycles. The van der Waals surface area contributed by atoms with E-state index >= 15 is 0 Å². The lowest BCUT2D eigenvalue weighted by atomic mass is 10.3. The van der Waals surface area contributed by atoms with Gasteiger partial charge in [0.05, 0.1) is 17.7 Å². The Morgan fingerprint density at radius 3 is 2.87 bits per heavy atom. The molecule has 2 aromatic rings. The van der Waals surface area contributed by atoms with Crippen LogP contribution in [0.5, 0.6) is 17.2 Å². The molecule has 8 heteroatoms. The maximum atomic E-state index is 11.7. The molecule has 0 saturated carbocycles. The van der Waals surface area contributed by atoms with E-state index in [1.54, 1.807) is 18.2 Å². The normalized spacial score (nSPS) is 12.2. The number of nitrogens with zero attached hydrogens (tertiary/aromatic N) is 2. The topological polar surface area (TPSA) is 92.8 Å². The third-order valence-electron chi connectivity index (χ3n) is 3.33. The fourth-order valence-corrected chi connectivity index (χ4v) is 2.19. The molecule has 1 aromatic heterocycles. The van der Waals surface area contributed by atoms with Crippen LogP contribution in [0.25, 0.3) is 0 Å². The zero-order valence-corrected chi connectivity index (χ0v) is 12.1. The minimum absolute atomic E-state index is 0.110. The first-order valence-corrected chi connectivity index (χ1v) is 7.01. The van der Waals surface area contributed by atoms with Crippen molar-refractivity contribution in [3.05, 3.63) is 57.0 Å². The van der Waals surface area contributed by atoms with Crippen molar-refractivity contribution < 1.29 is 19.1 Å². The molecule has 0 radical (unpaired) electrons. The molecule has 0 N–H and O–H groups in total. The van der Waals surface area contributed by atoms with Crippen molar-refractivity contribution in [2.45, 2.75) is 13.0 Å².